The molecule has 27 heavy (non-hydrogen) atoms. The normalized spacial score (nSPS) is 30.1. The van der Waals surface area contributed by atoms with E-state index in [1.165, 1.54) is 6.07 Å². The lowest BCUT2D eigenvalue weighted by molar-refractivity contribution is 0.211. The fraction of sp³-hybridized carbons (Fsp3) is 0.333. The van der Waals surface area contributed by atoms with E-state index >= 15 is 0 Å². The predicted octanol–water partition coefficient (Wildman–Crippen LogP) is 3.83. The second-order valence-electron chi connectivity index (χ2n) is 5.25. The second-order valence-corrected chi connectivity index (χ2v) is 6.83. The number of rotatable bonds is 4. The summed E-state index contributed by atoms with van der Waals surface area (Å²) in [6.45, 7) is -6.93. The number of hydrogen-bond acceptors (Lipinski definition) is 7. The molecule has 0 spiro atoms. The van der Waals surface area contributed by atoms with Gasteiger partial charge in [-0.05, 0) is 30.4 Å². The third kappa shape index (κ3) is 4.00. The van der Waals surface area contributed by atoms with Crippen LogP contribution < -0.4 is 5.31 Å². The Kier molecular flexibility index (Phi) is 2.78. The lowest BCUT2D eigenvalue weighted by Crippen LogP contribution is -2.38. The van der Waals surface area contributed by atoms with Crippen LogP contribution in [0.3, 0.4) is 0 Å². The van der Waals surface area contributed by atoms with Crippen molar-refractivity contribution in [3.05, 3.63) is 45.9 Å². The molecule has 1 N–H and O–H groups in total. The van der Waals surface area contributed by atoms with E-state index in [9.17, 15) is 9.65 Å². The molecule has 1 saturated heterocycles. The van der Waals surface area contributed by atoms with Crippen LogP contribution in [0.25, 0.3) is 10.3 Å². The van der Waals surface area contributed by atoms with Gasteiger partial charge in [-0.3, -0.25) is 4.90 Å². The maximum atomic E-state index is 14.1. The number of hydrogen-bond donors (Lipinski definition) is 1. The standard InChI is InChI=1S/C18H16ClFN6S/c19-18-25-17-15(27-18)16(22-10-23-17)24-13-3-5-26(6-4-13)9-11-1-2-14(20)12(7-11)8-21/h1-2,7,10,13H,3-6,9H2,(H,22,23,24)/i2D,3D2,5D2,7D,9D2,13D/hD. The molecule has 1 fully saturated rings. The summed E-state index contributed by atoms with van der Waals surface area (Å²) in [5, 5.41) is 9.58. The van der Waals surface area contributed by atoms with Crippen molar-refractivity contribution >= 4 is 39.1 Å². The monoisotopic (exact) mass is 412 g/mol. The first-order chi connectivity index (χ1) is 17.0. The van der Waals surface area contributed by atoms with Crippen LogP contribution in [0.1, 0.15) is 36.3 Å². The van der Waals surface area contributed by atoms with Crippen molar-refractivity contribution < 1.29 is 18.1 Å². The minimum Gasteiger partial charge on any atom is -0.366 e. The van der Waals surface area contributed by atoms with Gasteiger partial charge in [0.05, 0.1) is 9.68 Å². The van der Waals surface area contributed by atoms with E-state index in [2.05, 4.69) is 15.0 Å². The molecule has 6 nitrogen and oxygen atoms in total. The van der Waals surface area contributed by atoms with Gasteiger partial charge in [0.15, 0.2) is 11.5 Å². The highest BCUT2D eigenvalue weighted by molar-refractivity contribution is 7.22. The molecule has 1 unspecified atom stereocenters. The molecule has 1 atom stereocenters. The van der Waals surface area contributed by atoms with E-state index in [4.69, 9.17) is 25.3 Å². The number of nitrogens with one attached hydrogen (secondary N) is 1. The van der Waals surface area contributed by atoms with Gasteiger partial charge in [-0.2, -0.15) is 5.26 Å². The lowest BCUT2D eigenvalue weighted by Gasteiger charge is -2.32. The van der Waals surface area contributed by atoms with Crippen molar-refractivity contribution in [3.8, 4) is 6.07 Å². The zero-order chi connectivity index (χ0) is 27.7. The van der Waals surface area contributed by atoms with Crippen molar-refractivity contribution in [2.24, 2.45) is 0 Å². The van der Waals surface area contributed by atoms with Crippen molar-refractivity contribution in [2.75, 3.05) is 18.4 Å². The van der Waals surface area contributed by atoms with Gasteiger partial charge in [-0.25, -0.2) is 19.3 Å². The number of halogens is 2. The lowest BCUT2D eigenvalue weighted by atomic mass is 10.0. The quantitative estimate of drug-likeness (QED) is 0.701. The molecule has 1 aromatic carbocycles. The van der Waals surface area contributed by atoms with Gasteiger partial charge in [-0.1, -0.05) is 29.0 Å². The fourth-order valence-electron chi connectivity index (χ4n) is 2.28. The number of anilines is 1. The van der Waals surface area contributed by atoms with Crippen LogP contribution in [0, 0.1) is 17.1 Å². The molecule has 0 saturated carbocycles. The number of thiazole rings is 1. The Balaban J connectivity index is 1.80. The number of nitrogens with zero attached hydrogens (tertiary/aromatic N) is 5. The van der Waals surface area contributed by atoms with Crippen molar-refractivity contribution in [2.45, 2.75) is 25.3 Å². The van der Waals surface area contributed by atoms with E-state index in [-0.39, 0.29) is 20.6 Å². The van der Waals surface area contributed by atoms with E-state index in [1.54, 1.807) is 0 Å². The van der Waals surface area contributed by atoms with Crippen molar-refractivity contribution in [1.29, 1.82) is 5.26 Å². The van der Waals surface area contributed by atoms with Crippen molar-refractivity contribution in [1.82, 2.24) is 19.9 Å². The molecule has 1 aliphatic heterocycles. The van der Waals surface area contributed by atoms with E-state index in [1.807, 2.05) is 0 Å². The molecule has 3 heterocycles. The SMILES string of the molecule is [2H]c1cc(C([2H])([2H])N2CCC([2H])(N([2H])c3ncnc4nc(Cl)sc34)C([2H])([2H])C2([2H])[2H])c([2H])c(C#N)c1F. The molecule has 0 aliphatic carbocycles. The topological polar surface area (TPSA) is 77.7 Å². The van der Waals surface area contributed by atoms with E-state index < -0.39 is 67.4 Å². The summed E-state index contributed by atoms with van der Waals surface area (Å²) in [5.74, 6) is -1.58. The molecular weight excluding hydrogens is 387 g/mol. The summed E-state index contributed by atoms with van der Waals surface area (Å²) in [5.41, 5.74) is -1.53. The third-order valence-corrected chi connectivity index (χ3v) is 4.63. The Morgan fingerprint density at radius 3 is 3.41 bits per heavy atom. The summed E-state index contributed by atoms with van der Waals surface area (Å²) in [6.07, 6.45) is -2.86. The van der Waals surface area contributed by atoms with Gasteiger partial charge in [-0.15, -0.1) is 0 Å². The van der Waals surface area contributed by atoms with Crippen LogP contribution in [-0.4, -0.2) is 38.9 Å². The Bertz CT molecular complexity index is 1450. The predicted molar refractivity (Wildman–Crippen MR) is 103 cm³/mol. The van der Waals surface area contributed by atoms with Crippen LogP contribution in [0.2, 0.25) is 5.88 Å². The number of benzene rings is 1. The summed E-state index contributed by atoms with van der Waals surface area (Å²) >= 11 is 6.80. The average molecular weight is 413 g/mol. The van der Waals surface area contributed by atoms with E-state index in [0.717, 1.165) is 17.7 Å². The minimum atomic E-state index is -3.29. The number of piperidine rings is 1. The van der Waals surface area contributed by atoms with Gasteiger partial charge in [0, 0.05) is 33.8 Å². The first-order valence-electron chi connectivity index (χ1n) is 12.5. The highest BCUT2D eigenvalue weighted by atomic mass is 35.5. The van der Waals surface area contributed by atoms with Crippen LogP contribution >= 0.6 is 22.9 Å². The summed E-state index contributed by atoms with van der Waals surface area (Å²) in [6, 6.07) is -2.41. The zero-order valence-corrected chi connectivity index (χ0v) is 15.0. The maximum absolute atomic E-state index is 14.1. The van der Waals surface area contributed by atoms with Gasteiger partial charge >= 0.3 is 0 Å². The van der Waals surface area contributed by atoms with Crippen molar-refractivity contribution in [3.63, 3.8) is 0 Å². The highest BCUT2D eigenvalue weighted by Gasteiger charge is 2.21. The smallest absolute Gasteiger partial charge is 0.186 e. The van der Waals surface area contributed by atoms with Gasteiger partial charge < -0.3 is 5.31 Å². The minimum absolute atomic E-state index is 0.0570. The highest BCUT2D eigenvalue weighted by Crippen LogP contribution is 2.30. The molecule has 4 rings (SSSR count). The third-order valence-electron chi connectivity index (χ3n) is 3.48. The molecule has 0 radical (unpaired) electrons. The van der Waals surface area contributed by atoms with Crippen LogP contribution in [0.15, 0.2) is 24.5 Å². The van der Waals surface area contributed by atoms with Crippen LogP contribution in [0.4, 0.5) is 10.2 Å². The number of likely N-dealkylation sites (tertiary alicyclic amines) is 1. The van der Waals surface area contributed by atoms with Gasteiger partial charge in [0.25, 0.3) is 0 Å². The fourth-order valence-corrected chi connectivity index (χ4v) is 3.27. The molecule has 0 amide bonds. The first kappa shape index (κ1) is 9.73. The molecule has 3 aromatic rings. The first-order valence-corrected chi connectivity index (χ1v) is 8.76. The molecule has 2 aromatic heterocycles. The molecular formula is C18H16ClFN6S. The Morgan fingerprint density at radius 2 is 2.56 bits per heavy atom. The molecule has 9 heteroatoms. The Hall–Kier alpha value is -2.34. The number of fused-ring (bicyclic) bond motifs is 1. The zero-order valence-electron chi connectivity index (χ0n) is 23.4. The molecule has 0 bridgehead atoms. The maximum Gasteiger partial charge on any atom is 0.186 e. The Labute approximate surface area is 178 Å². The Morgan fingerprint density at radius 1 is 1.67 bits per heavy atom. The van der Waals surface area contributed by atoms with E-state index in [0.29, 0.717) is 16.3 Å². The average Bonchev–Trinajstić information content (AvgIpc) is 3.20. The van der Waals surface area contributed by atoms with Crippen LogP contribution in [0.5, 0.6) is 0 Å². The van der Waals surface area contributed by atoms with Crippen LogP contribution in [-0.2, 0) is 6.50 Å². The molecule has 138 valence electrons. The number of nitriles is 1. The number of aromatic nitrogens is 3. The second kappa shape index (κ2) is 7.72. The summed E-state index contributed by atoms with van der Waals surface area (Å²) in [4.78, 5) is 12.2. The van der Waals surface area contributed by atoms with Gasteiger partial charge in [0.1, 0.15) is 28.7 Å². The van der Waals surface area contributed by atoms with Gasteiger partial charge in [0.2, 0.25) is 0 Å². The summed E-state index contributed by atoms with van der Waals surface area (Å²) in [7, 11) is 0. The summed E-state index contributed by atoms with van der Waals surface area (Å²) < 4.78 is 99.1. The largest absolute Gasteiger partial charge is 0.366 e. The molecule has 1 aliphatic rings.